The Morgan fingerprint density at radius 3 is 2.58 bits per heavy atom. The first kappa shape index (κ1) is 14.3. The van der Waals surface area contributed by atoms with E-state index in [1.165, 1.54) is 29.8 Å². The monoisotopic (exact) mass is 261 g/mol. The Balaban J connectivity index is 2.03. The van der Waals surface area contributed by atoms with Gasteiger partial charge in [0.15, 0.2) is 0 Å². The maximum absolute atomic E-state index is 4.68. The van der Waals surface area contributed by atoms with Crippen molar-refractivity contribution in [3.05, 3.63) is 23.4 Å². The lowest BCUT2D eigenvalue weighted by molar-refractivity contribution is 0.310. The first-order chi connectivity index (χ1) is 9.11. The van der Waals surface area contributed by atoms with Crippen molar-refractivity contribution in [2.45, 2.75) is 40.2 Å². The molecule has 19 heavy (non-hydrogen) atoms. The third-order valence-corrected chi connectivity index (χ3v) is 4.27. The van der Waals surface area contributed by atoms with Gasteiger partial charge < -0.3 is 10.2 Å². The number of nitrogens with zero attached hydrogens (tertiary/aromatic N) is 2. The fraction of sp³-hybridized carbons (Fsp3) is 0.688. The van der Waals surface area contributed by atoms with E-state index < -0.39 is 0 Å². The van der Waals surface area contributed by atoms with Crippen LogP contribution in [-0.4, -0.2) is 25.1 Å². The summed E-state index contributed by atoms with van der Waals surface area (Å²) in [7, 11) is 1.97. The van der Waals surface area contributed by atoms with Gasteiger partial charge in [0, 0.05) is 25.8 Å². The SMILES string of the molecule is CNCc1cnc(N2CCC(C(C)C)CC2)c(C)c1. The Hall–Kier alpha value is -1.09. The summed E-state index contributed by atoms with van der Waals surface area (Å²) in [4.78, 5) is 7.13. The molecule has 2 heterocycles. The molecule has 1 saturated heterocycles. The summed E-state index contributed by atoms with van der Waals surface area (Å²) in [5.74, 6) is 2.89. The molecule has 0 radical (unpaired) electrons. The summed E-state index contributed by atoms with van der Waals surface area (Å²) in [5.41, 5.74) is 2.57. The quantitative estimate of drug-likeness (QED) is 0.903. The number of piperidine rings is 1. The van der Waals surface area contributed by atoms with Gasteiger partial charge in [0.2, 0.25) is 0 Å². The van der Waals surface area contributed by atoms with Crippen LogP contribution in [-0.2, 0) is 6.54 Å². The Morgan fingerprint density at radius 1 is 1.37 bits per heavy atom. The van der Waals surface area contributed by atoms with Gasteiger partial charge in [0.25, 0.3) is 0 Å². The molecule has 0 aliphatic carbocycles. The molecule has 0 saturated carbocycles. The summed E-state index contributed by atoms with van der Waals surface area (Å²) in [6.45, 7) is 10.1. The number of aromatic nitrogens is 1. The molecule has 0 bridgehead atoms. The second kappa shape index (κ2) is 6.38. The molecule has 3 heteroatoms. The number of rotatable bonds is 4. The minimum absolute atomic E-state index is 0.814. The van der Waals surface area contributed by atoms with E-state index in [1.807, 2.05) is 13.2 Å². The zero-order valence-corrected chi connectivity index (χ0v) is 12.7. The lowest BCUT2D eigenvalue weighted by atomic mass is 9.86. The second-order valence-electron chi connectivity index (χ2n) is 6.08. The highest BCUT2D eigenvalue weighted by Crippen LogP contribution is 2.28. The predicted octanol–water partition coefficient (Wildman–Crippen LogP) is 2.98. The highest BCUT2D eigenvalue weighted by Gasteiger charge is 2.23. The van der Waals surface area contributed by atoms with Crippen molar-refractivity contribution in [2.24, 2.45) is 11.8 Å². The van der Waals surface area contributed by atoms with Gasteiger partial charge >= 0.3 is 0 Å². The molecule has 106 valence electrons. The average Bonchev–Trinajstić information content (AvgIpc) is 2.39. The van der Waals surface area contributed by atoms with Crippen LogP contribution >= 0.6 is 0 Å². The molecule has 1 aliphatic heterocycles. The van der Waals surface area contributed by atoms with E-state index in [1.54, 1.807) is 0 Å². The third kappa shape index (κ3) is 3.47. The summed E-state index contributed by atoms with van der Waals surface area (Å²) in [6.07, 6.45) is 4.61. The maximum Gasteiger partial charge on any atom is 0.131 e. The van der Waals surface area contributed by atoms with Gasteiger partial charge in [-0.1, -0.05) is 13.8 Å². The van der Waals surface area contributed by atoms with E-state index in [0.717, 1.165) is 31.5 Å². The summed E-state index contributed by atoms with van der Waals surface area (Å²) >= 11 is 0. The molecule has 1 aliphatic rings. The van der Waals surface area contributed by atoms with Crippen LogP contribution in [0.25, 0.3) is 0 Å². The fourth-order valence-corrected chi connectivity index (χ4v) is 3.04. The summed E-state index contributed by atoms with van der Waals surface area (Å²) < 4.78 is 0. The zero-order valence-electron chi connectivity index (χ0n) is 12.7. The van der Waals surface area contributed by atoms with Crippen molar-refractivity contribution in [1.29, 1.82) is 0 Å². The van der Waals surface area contributed by atoms with E-state index in [2.05, 4.69) is 42.0 Å². The van der Waals surface area contributed by atoms with Gasteiger partial charge in [-0.3, -0.25) is 0 Å². The highest BCUT2D eigenvalue weighted by molar-refractivity contribution is 5.47. The number of nitrogens with one attached hydrogen (secondary N) is 1. The van der Waals surface area contributed by atoms with Crippen LogP contribution < -0.4 is 10.2 Å². The largest absolute Gasteiger partial charge is 0.356 e. The molecule has 1 N–H and O–H groups in total. The number of hydrogen-bond acceptors (Lipinski definition) is 3. The minimum atomic E-state index is 0.814. The van der Waals surface area contributed by atoms with Gasteiger partial charge in [-0.2, -0.15) is 0 Å². The maximum atomic E-state index is 4.68. The van der Waals surface area contributed by atoms with Crippen molar-refractivity contribution in [1.82, 2.24) is 10.3 Å². The molecule has 3 nitrogen and oxygen atoms in total. The third-order valence-electron chi connectivity index (χ3n) is 4.27. The molecule has 2 rings (SSSR count). The molecule has 1 aromatic heterocycles. The number of pyridine rings is 1. The molecule has 0 atom stereocenters. The van der Waals surface area contributed by atoms with E-state index in [4.69, 9.17) is 0 Å². The molecular formula is C16H27N3. The predicted molar refractivity (Wildman–Crippen MR) is 81.5 cm³/mol. The molecule has 1 fully saturated rings. The van der Waals surface area contributed by atoms with Crippen LogP contribution in [0.15, 0.2) is 12.3 Å². The van der Waals surface area contributed by atoms with Gasteiger partial charge in [-0.25, -0.2) is 4.98 Å². The van der Waals surface area contributed by atoms with Crippen molar-refractivity contribution in [3.8, 4) is 0 Å². The molecule has 0 amide bonds. The van der Waals surface area contributed by atoms with Crippen molar-refractivity contribution in [2.75, 3.05) is 25.0 Å². The average molecular weight is 261 g/mol. The van der Waals surface area contributed by atoms with Gasteiger partial charge in [-0.05, 0) is 55.8 Å². The molecule has 0 aromatic carbocycles. The molecule has 1 aromatic rings. The van der Waals surface area contributed by atoms with E-state index in [0.29, 0.717) is 0 Å². The van der Waals surface area contributed by atoms with Crippen LogP contribution in [0.2, 0.25) is 0 Å². The Kier molecular flexibility index (Phi) is 4.81. The van der Waals surface area contributed by atoms with Crippen LogP contribution in [0.4, 0.5) is 5.82 Å². The first-order valence-electron chi connectivity index (χ1n) is 7.47. The number of anilines is 1. The van der Waals surface area contributed by atoms with E-state index in [-0.39, 0.29) is 0 Å². The topological polar surface area (TPSA) is 28.2 Å². The van der Waals surface area contributed by atoms with Gasteiger partial charge in [0.1, 0.15) is 5.82 Å². The lowest BCUT2D eigenvalue weighted by Crippen LogP contribution is -2.36. The normalized spacial score (nSPS) is 17.2. The Bertz CT molecular complexity index is 406. The smallest absolute Gasteiger partial charge is 0.131 e. The van der Waals surface area contributed by atoms with Crippen LogP contribution in [0.3, 0.4) is 0 Å². The van der Waals surface area contributed by atoms with Gasteiger partial charge in [0.05, 0.1) is 0 Å². The zero-order chi connectivity index (χ0) is 13.8. The lowest BCUT2D eigenvalue weighted by Gasteiger charge is -2.35. The minimum Gasteiger partial charge on any atom is -0.356 e. The van der Waals surface area contributed by atoms with Crippen LogP contribution in [0.5, 0.6) is 0 Å². The van der Waals surface area contributed by atoms with Crippen molar-refractivity contribution < 1.29 is 0 Å². The highest BCUT2D eigenvalue weighted by atomic mass is 15.2. The Morgan fingerprint density at radius 2 is 2.05 bits per heavy atom. The van der Waals surface area contributed by atoms with Crippen molar-refractivity contribution >= 4 is 5.82 Å². The van der Waals surface area contributed by atoms with E-state index in [9.17, 15) is 0 Å². The Labute approximate surface area is 117 Å². The molecule has 0 spiro atoms. The second-order valence-corrected chi connectivity index (χ2v) is 6.08. The van der Waals surface area contributed by atoms with E-state index >= 15 is 0 Å². The summed E-state index contributed by atoms with van der Waals surface area (Å²) in [6, 6.07) is 2.26. The van der Waals surface area contributed by atoms with Crippen LogP contribution in [0.1, 0.15) is 37.8 Å². The van der Waals surface area contributed by atoms with Crippen LogP contribution in [0, 0.1) is 18.8 Å². The fourth-order valence-electron chi connectivity index (χ4n) is 3.04. The number of hydrogen-bond donors (Lipinski definition) is 1. The molecular weight excluding hydrogens is 234 g/mol. The van der Waals surface area contributed by atoms with Gasteiger partial charge in [-0.15, -0.1) is 0 Å². The first-order valence-corrected chi connectivity index (χ1v) is 7.47. The van der Waals surface area contributed by atoms with Crippen molar-refractivity contribution in [3.63, 3.8) is 0 Å². The number of aryl methyl sites for hydroxylation is 1. The molecule has 0 unspecified atom stereocenters. The summed E-state index contributed by atoms with van der Waals surface area (Å²) in [5, 5.41) is 3.17. The standard InChI is InChI=1S/C16H27N3/c1-12(2)15-5-7-19(8-6-15)16-13(3)9-14(10-17-4)11-18-16/h9,11-12,15,17H,5-8,10H2,1-4H3.